The normalized spacial score (nSPS) is 15.6. The molecule has 0 heterocycles. The van der Waals surface area contributed by atoms with Crippen LogP contribution in [0, 0.1) is 0 Å². The lowest BCUT2D eigenvalue weighted by Crippen LogP contribution is -2.06. The van der Waals surface area contributed by atoms with Gasteiger partial charge in [-0.1, -0.05) is 0 Å². The first kappa shape index (κ1) is 5.32. The van der Waals surface area contributed by atoms with E-state index in [0.29, 0.717) is 9.76 Å². The topological polar surface area (TPSA) is 9.23 Å². The smallest absolute Gasteiger partial charge is 0.336 e. The van der Waals surface area contributed by atoms with Crippen LogP contribution in [0.4, 0.5) is 4.11 Å². The molecule has 0 saturated carbocycles. The molecule has 0 aliphatic carbocycles. The molecule has 0 aliphatic heterocycles. The summed E-state index contributed by atoms with van der Waals surface area (Å²) >= 11 is 0. The zero-order chi connectivity index (χ0) is 4.28. The molecule has 0 fully saturated rings. The Labute approximate surface area is 35.3 Å². The Hall–Kier alpha value is 0.324. The summed E-state index contributed by atoms with van der Waals surface area (Å²) in [4.78, 5) is 0. The average Bonchev–Trinajstić information content (AvgIpc) is 1.38. The molecule has 0 spiro atoms. The summed E-state index contributed by atoms with van der Waals surface area (Å²) in [6.45, 7) is 0. The summed E-state index contributed by atoms with van der Waals surface area (Å²) in [5.74, 6) is 0. The van der Waals surface area contributed by atoms with Crippen molar-refractivity contribution in [1.29, 1.82) is 0 Å². The Kier molecular flexibility index (Phi) is 2.72. The molecule has 0 aromatic heterocycles. The first-order valence-corrected chi connectivity index (χ1v) is 6.97. The maximum Gasteiger partial charge on any atom is 0.336 e. The van der Waals surface area contributed by atoms with Crippen molar-refractivity contribution in [3.63, 3.8) is 0 Å². The van der Waals surface area contributed by atoms with Gasteiger partial charge in [0.25, 0.3) is 0 Å². The van der Waals surface area contributed by atoms with Crippen molar-refractivity contribution in [1.82, 2.24) is 0 Å². The van der Waals surface area contributed by atoms with Gasteiger partial charge in [0.1, 0.15) is 0 Å². The first-order chi connectivity index (χ1) is 2.27. The SMILES string of the molecule is CO[SiH](F)[SiH3]. The lowest BCUT2D eigenvalue weighted by atomic mass is 11.8. The van der Waals surface area contributed by atoms with Gasteiger partial charge in [-0.3, -0.25) is 4.11 Å². The second kappa shape index (κ2) is 2.56. The fourth-order valence-corrected chi connectivity index (χ4v) is 0. The minimum absolute atomic E-state index is 0.620. The van der Waals surface area contributed by atoms with Crippen LogP contribution in [0.3, 0.4) is 0 Å². The standard InChI is InChI=1S/CH7FOSi2/c1-3-5(2)4/h5H,1,4H3. The van der Waals surface area contributed by atoms with Gasteiger partial charge < -0.3 is 4.43 Å². The minimum atomic E-state index is -2.01. The van der Waals surface area contributed by atoms with Gasteiger partial charge in [0.15, 0.2) is 0 Å². The predicted molar refractivity (Wildman–Crippen MR) is 25.2 cm³/mol. The Morgan fingerprint density at radius 2 is 2.20 bits per heavy atom. The van der Waals surface area contributed by atoms with Crippen molar-refractivity contribution in [2.24, 2.45) is 0 Å². The quantitative estimate of drug-likeness (QED) is 0.301. The van der Waals surface area contributed by atoms with Crippen LogP contribution >= 0.6 is 0 Å². The van der Waals surface area contributed by atoms with E-state index < -0.39 is 8.89 Å². The van der Waals surface area contributed by atoms with E-state index >= 15 is 0 Å². The fraction of sp³-hybridized carbons (Fsp3) is 1.00. The van der Waals surface area contributed by atoms with Crippen molar-refractivity contribution in [2.45, 2.75) is 0 Å². The van der Waals surface area contributed by atoms with Gasteiger partial charge in [-0.05, 0) is 0 Å². The molecule has 0 aromatic carbocycles. The Morgan fingerprint density at radius 3 is 2.20 bits per heavy atom. The molecule has 0 aliphatic rings. The Morgan fingerprint density at radius 1 is 2.00 bits per heavy atom. The third kappa shape index (κ3) is 4.32. The minimum Gasteiger partial charge on any atom is -0.400 e. The maximum absolute atomic E-state index is 11.4. The van der Waals surface area contributed by atoms with Crippen molar-refractivity contribution in [2.75, 3.05) is 7.11 Å². The molecule has 5 heavy (non-hydrogen) atoms. The molecule has 0 radical (unpaired) electrons. The highest BCUT2D eigenvalue weighted by molar-refractivity contribution is 6.94. The van der Waals surface area contributed by atoms with E-state index in [-0.39, 0.29) is 0 Å². The van der Waals surface area contributed by atoms with Crippen LogP contribution < -0.4 is 0 Å². The van der Waals surface area contributed by atoms with Gasteiger partial charge in [0.2, 0.25) is 0 Å². The van der Waals surface area contributed by atoms with Gasteiger partial charge >= 0.3 is 8.89 Å². The summed E-state index contributed by atoms with van der Waals surface area (Å²) in [5, 5.41) is 0. The van der Waals surface area contributed by atoms with E-state index in [1.807, 2.05) is 0 Å². The first-order valence-electron chi connectivity index (χ1n) is 1.44. The third-order valence-corrected chi connectivity index (χ3v) is 2.39. The summed E-state index contributed by atoms with van der Waals surface area (Å²) in [6.07, 6.45) is 0. The molecule has 1 unspecified atom stereocenters. The summed E-state index contributed by atoms with van der Waals surface area (Å²) < 4.78 is 15.7. The zero-order valence-corrected chi connectivity index (χ0v) is 6.52. The fourth-order valence-electron chi connectivity index (χ4n) is 0. The molecule has 1 nitrogen and oxygen atoms in total. The molecule has 0 saturated heterocycles. The van der Waals surface area contributed by atoms with Gasteiger partial charge in [-0.25, -0.2) is 0 Å². The molecular weight excluding hydrogens is 103 g/mol. The van der Waals surface area contributed by atoms with Crippen LogP contribution in [0.1, 0.15) is 0 Å². The highest BCUT2D eigenvalue weighted by atomic mass is 29.2. The molecule has 0 amide bonds. The average molecular weight is 110 g/mol. The molecular formula is CH7FOSi2. The Balaban J connectivity index is 2.54. The van der Waals surface area contributed by atoms with Crippen molar-refractivity contribution in [3.8, 4) is 0 Å². The zero-order valence-electron chi connectivity index (χ0n) is 3.36. The van der Waals surface area contributed by atoms with E-state index in [9.17, 15) is 4.11 Å². The second-order valence-corrected chi connectivity index (χ2v) is 5.06. The molecule has 0 aromatic rings. The lowest BCUT2D eigenvalue weighted by Gasteiger charge is -1.87. The molecule has 4 heteroatoms. The van der Waals surface area contributed by atoms with E-state index in [4.69, 9.17) is 0 Å². The maximum atomic E-state index is 11.4. The van der Waals surface area contributed by atoms with Crippen LogP contribution in [-0.4, -0.2) is 25.8 Å². The van der Waals surface area contributed by atoms with Crippen molar-refractivity contribution >= 4 is 18.7 Å². The summed E-state index contributed by atoms with van der Waals surface area (Å²) in [5.41, 5.74) is 0. The molecule has 1 atom stereocenters. The van der Waals surface area contributed by atoms with Gasteiger partial charge in [-0.2, -0.15) is 0 Å². The van der Waals surface area contributed by atoms with Gasteiger partial charge in [0, 0.05) is 7.11 Å². The molecule has 0 rings (SSSR count). The summed E-state index contributed by atoms with van der Waals surface area (Å²) in [6, 6.07) is 0. The molecule has 0 bridgehead atoms. The molecule has 32 valence electrons. The predicted octanol–water partition coefficient (Wildman–Crippen LogP) is -1.32. The van der Waals surface area contributed by atoms with E-state index in [0.717, 1.165) is 0 Å². The lowest BCUT2D eigenvalue weighted by molar-refractivity contribution is 0.396. The highest BCUT2D eigenvalue weighted by Gasteiger charge is 1.90. The third-order valence-electron chi connectivity index (χ3n) is 0.325. The van der Waals surface area contributed by atoms with Gasteiger partial charge in [-0.15, -0.1) is 0 Å². The number of hydrogen-bond donors (Lipinski definition) is 0. The van der Waals surface area contributed by atoms with Crippen molar-refractivity contribution in [3.05, 3.63) is 0 Å². The number of hydrogen-bond acceptors (Lipinski definition) is 1. The number of rotatable bonds is 1. The highest BCUT2D eigenvalue weighted by Crippen LogP contribution is 1.70. The monoisotopic (exact) mass is 110 g/mol. The Bertz CT molecular complexity index is 23.6. The molecule has 0 N–H and O–H groups in total. The largest absolute Gasteiger partial charge is 0.400 e. The van der Waals surface area contributed by atoms with E-state index in [2.05, 4.69) is 4.43 Å². The van der Waals surface area contributed by atoms with Crippen LogP contribution in [0.25, 0.3) is 0 Å². The van der Waals surface area contributed by atoms with E-state index in [1.165, 1.54) is 7.11 Å². The summed E-state index contributed by atoms with van der Waals surface area (Å²) in [7, 11) is 0.0293. The van der Waals surface area contributed by atoms with Crippen LogP contribution in [-0.2, 0) is 4.43 Å². The number of halogens is 1. The van der Waals surface area contributed by atoms with Crippen LogP contribution in [0.5, 0.6) is 0 Å². The van der Waals surface area contributed by atoms with E-state index in [1.54, 1.807) is 0 Å². The van der Waals surface area contributed by atoms with Crippen LogP contribution in [0.2, 0.25) is 0 Å². The van der Waals surface area contributed by atoms with Crippen molar-refractivity contribution < 1.29 is 8.53 Å². The van der Waals surface area contributed by atoms with Gasteiger partial charge in [0.05, 0.1) is 9.76 Å². The second-order valence-electron chi connectivity index (χ2n) is 0.779. The van der Waals surface area contributed by atoms with Crippen LogP contribution in [0.15, 0.2) is 0 Å².